The van der Waals surface area contributed by atoms with Crippen molar-refractivity contribution in [3.63, 3.8) is 0 Å². The van der Waals surface area contributed by atoms with E-state index in [-0.39, 0.29) is 48.7 Å². The molecule has 2 aliphatic heterocycles. The van der Waals surface area contributed by atoms with Crippen LogP contribution in [0.5, 0.6) is 5.75 Å². The number of hydrogen-bond acceptors (Lipinski definition) is 12. The first-order valence-electron chi connectivity index (χ1n) is 20.6. The molecule has 0 radical (unpaired) electrons. The van der Waals surface area contributed by atoms with Crippen LogP contribution < -0.4 is 26.2 Å². The lowest BCUT2D eigenvalue weighted by Gasteiger charge is -2.63. The molecule has 62 heavy (non-hydrogen) atoms. The molecule has 3 N–H and O–H groups in total. The van der Waals surface area contributed by atoms with Crippen LogP contribution in [0.3, 0.4) is 0 Å². The lowest BCUT2D eigenvalue weighted by Crippen LogP contribution is -2.74. The highest BCUT2D eigenvalue weighted by Gasteiger charge is 2.64. The van der Waals surface area contributed by atoms with Gasteiger partial charge in [0, 0.05) is 53.7 Å². The van der Waals surface area contributed by atoms with Gasteiger partial charge >= 0.3 is 0 Å². The minimum Gasteiger partial charge on any atom is -0.489 e. The van der Waals surface area contributed by atoms with Crippen molar-refractivity contribution in [2.45, 2.75) is 78.0 Å². The molecule has 2 saturated heterocycles. The first kappa shape index (κ1) is 42.0. The first-order chi connectivity index (χ1) is 29.6. The Hall–Kier alpha value is -6.67. The number of carbonyl (C=O) groups is 4. The largest absolute Gasteiger partial charge is 0.489 e. The maximum absolute atomic E-state index is 13.5. The fraction of sp³-hybridized carbons (Fsp3) is 0.409. The topological polar surface area (TPSA) is 219 Å². The number of anilines is 1. The van der Waals surface area contributed by atoms with Crippen LogP contribution in [0, 0.1) is 28.1 Å². The molecular formula is C44H46ClN11O6. The molecule has 3 aliphatic rings. The fourth-order valence-electron chi connectivity index (χ4n) is 9.35. The normalized spacial score (nSPS) is 20.8. The van der Waals surface area contributed by atoms with E-state index in [1.165, 1.54) is 0 Å². The van der Waals surface area contributed by atoms with Crippen molar-refractivity contribution >= 4 is 51.8 Å². The van der Waals surface area contributed by atoms with E-state index in [0.717, 1.165) is 28.9 Å². The van der Waals surface area contributed by atoms with E-state index >= 15 is 0 Å². The highest BCUT2D eigenvalue weighted by Crippen LogP contribution is 2.55. The minimum atomic E-state index is -0.926. The number of aromatic nitrogens is 6. The standard InChI is InChI=1S/C44H46ClN11O6/c1-43(2)41(44(3,4)42(43)62-31-11-7-27(22-46)33(45)21-31)49-38(59)26-5-9-30(10-6-26)55-24-29(50-52-55)19-25-15-17-54(18-16-25)37(58)23-47-28-8-12-34-32(20-28)40(61)56(53-51-34)35-13-14-36(57)48-39(35)60/h5-12,20-21,24-25,35,41-42,47H,13-19,23H2,1-4H3,(H,49,59)(H,48,57,60). The van der Waals surface area contributed by atoms with E-state index < -0.39 is 34.2 Å². The molecule has 18 heteroatoms. The molecule has 0 bridgehead atoms. The summed E-state index contributed by atoms with van der Waals surface area (Å²) in [7, 11) is 0. The number of halogens is 1. The Morgan fingerprint density at radius 1 is 0.952 bits per heavy atom. The maximum Gasteiger partial charge on any atom is 0.278 e. The van der Waals surface area contributed by atoms with Crippen LogP contribution in [-0.4, -0.2) is 90.3 Å². The summed E-state index contributed by atoms with van der Waals surface area (Å²) in [6.45, 7) is 9.48. The zero-order chi connectivity index (χ0) is 43.9. The molecule has 3 aromatic carbocycles. The number of nitrogens with zero attached hydrogens (tertiary/aromatic N) is 8. The molecule has 1 atom stereocenters. The van der Waals surface area contributed by atoms with Gasteiger partial charge in [-0.25, -0.2) is 4.68 Å². The van der Waals surface area contributed by atoms with Crippen LogP contribution in [0.25, 0.3) is 16.6 Å². The molecule has 17 nitrogen and oxygen atoms in total. The van der Waals surface area contributed by atoms with Crippen LogP contribution in [-0.2, 0) is 20.8 Å². The Labute approximate surface area is 361 Å². The summed E-state index contributed by atoms with van der Waals surface area (Å²) in [6, 6.07) is 18.1. The number of amides is 4. The second-order valence-corrected chi connectivity index (χ2v) is 17.8. The summed E-state index contributed by atoms with van der Waals surface area (Å²) in [6.07, 6.45) is 4.27. The van der Waals surface area contributed by atoms with Crippen LogP contribution in [0.15, 0.2) is 71.7 Å². The average Bonchev–Trinajstić information content (AvgIpc) is 3.73. The molecular weight excluding hydrogens is 814 g/mol. The van der Waals surface area contributed by atoms with E-state index in [1.54, 1.807) is 53.2 Å². The quantitative estimate of drug-likeness (QED) is 0.158. The maximum atomic E-state index is 13.5. The molecule has 8 rings (SSSR count). The van der Waals surface area contributed by atoms with E-state index in [4.69, 9.17) is 16.3 Å². The zero-order valence-corrected chi connectivity index (χ0v) is 35.5. The molecule has 2 aromatic heterocycles. The second kappa shape index (κ2) is 16.7. The van der Waals surface area contributed by atoms with Gasteiger partial charge in [0.1, 0.15) is 29.5 Å². The second-order valence-electron chi connectivity index (χ2n) is 17.4. The summed E-state index contributed by atoms with van der Waals surface area (Å²) in [4.78, 5) is 65.7. The van der Waals surface area contributed by atoms with E-state index in [1.807, 2.05) is 23.2 Å². The van der Waals surface area contributed by atoms with Gasteiger partial charge < -0.3 is 20.3 Å². The summed E-state index contributed by atoms with van der Waals surface area (Å²) in [5, 5.41) is 35.1. The number of nitriles is 1. The number of benzene rings is 3. The van der Waals surface area contributed by atoms with Gasteiger partial charge in [0.25, 0.3) is 17.4 Å². The number of likely N-dealkylation sites (tertiary alicyclic amines) is 1. The Bertz CT molecular complexity index is 2660. The van der Waals surface area contributed by atoms with Crippen LogP contribution in [0.2, 0.25) is 5.02 Å². The lowest BCUT2D eigenvalue weighted by molar-refractivity contribution is -0.164. The van der Waals surface area contributed by atoms with Crippen molar-refractivity contribution in [2.24, 2.45) is 16.7 Å². The van der Waals surface area contributed by atoms with Crippen molar-refractivity contribution in [3.8, 4) is 17.5 Å². The van der Waals surface area contributed by atoms with Crippen molar-refractivity contribution in [2.75, 3.05) is 25.0 Å². The number of rotatable bonds is 11. The van der Waals surface area contributed by atoms with Gasteiger partial charge in [-0.3, -0.25) is 29.3 Å². The smallest absolute Gasteiger partial charge is 0.278 e. The van der Waals surface area contributed by atoms with Gasteiger partial charge in [0.2, 0.25) is 11.8 Å². The molecule has 3 fully saturated rings. The van der Waals surface area contributed by atoms with Crippen LogP contribution in [0.4, 0.5) is 5.69 Å². The minimum absolute atomic E-state index is 0.0356. The summed E-state index contributed by atoms with van der Waals surface area (Å²) < 4.78 is 9.06. The third kappa shape index (κ3) is 8.22. The van der Waals surface area contributed by atoms with Gasteiger partial charge in [-0.1, -0.05) is 49.7 Å². The van der Waals surface area contributed by atoms with Gasteiger partial charge in [-0.2, -0.15) is 9.94 Å². The predicted octanol–water partition coefficient (Wildman–Crippen LogP) is 4.38. The van der Waals surface area contributed by atoms with Crippen molar-refractivity contribution in [3.05, 3.63) is 99.1 Å². The van der Waals surface area contributed by atoms with Crippen LogP contribution in [0.1, 0.15) is 81.0 Å². The number of carbonyl (C=O) groups excluding carboxylic acids is 4. The third-order valence-electron chi connectivity index (χ3n) is 12.5. The van der Waals surface area contributed by atoms with Crippen molar-refractivity contribution < 1.29 is 23.9 Å². The van der Waals surface area contributed by atoms with Gasteiger partial charge in [0.15, 0.2) is 0 Å². The van der Waals surface area contributed by atoms with Crippen molar-refractivity contribution in [1.29, 1.82) is 5.26 Å². The fourth-order valence-corrected chi connectivity index (χ4v) is 9.56. The Balaban J connectivity index is 0.804. The summed E-state index contributed by atoms with van der Waals surface area (Å²) in [5.74, 6) is -0.341. The highest BCUT2D eigenvalue weighted by atomic mass is 35.5. The molecule has 1 unspecified atom stereocenters. The Kier molecular flexibility index (Phi) is 11.3. The molecule has 320 valence electrons. The highest BCUT2D eigenvalue weighted by molar-refractivity contribution is 6.31. The Morgan fingerprint density at radius 2 is 1.69 bits per heavy atom. The molecule has 0 spiro atoms. The summed E-state index contributed by atoms with van der Waals surface area (Å²) >= 11 is 6.24. The first-order valence-corrected chi connectivity index (χ1v) is 20.9. The van der Waals surface area contributed by atoms with Gasteiger partial charge in [-0.15, -0.1) is 10.2 Å². The number of nitrogens with one attached hydrogen (secondary N) is 3. The van der Waals surface area contributed by atoms with Gasteiger partial charge in [-0.05, 0) is 86.2 Å². The van der Waals surface area contributed by atoms with Crippen LogP contribution >= 0.6 is 11.6 Å². The summed E-state index contributed by atoms with van der Waals surface area (Å²) in [5.41, 5.74) is 2.12. The van der Waals surface area contributed by atoms with Crippen molar-refractivity contribution in [1.82, 2.24) is 45.5 Å². The lowest BCUT2D eigenvalue weighted by atomic mass is 9.49. The molecule has 5 aromatic rings. The average molecular weight is 860 g/mol. The molecule has 1 aliphatic carbocycles. The number of ether oxygens (including phenoxy) is 1. The number of hydrogen-bond donors (Lipinski definition) is 3. The third-order valence-corrected chi connectivity index (χ3v) is 12.8. The van der Waals surface area contributed by atoms with E-state index in [0.29, 0.717) is 58.5 Å². The molecule has 1 saturated carbocycles. The zero-order valence-electron chi connectivity index (χ0n) is 34.7. The number of piperidine rings is 2. The number of fused-ring (bicyclic) bond motifs is 1. The van der Waals surface area contributed by atoms with E-state index in [2.05, 4.69) is 70.3 Å². The van der Waals surface area contributed by atoms with E-state index in [9.17, 15) is 29.2 Å². The monoisotopic (exact) mass is 859 g/mol. The Morgan fingerprint density at radius 3 is 2.39 bits per heavy atom. The molecule has 4 amide bonds. The van der Waals surface area contributed by atoms with Gasteiger partial charge in [0.05, 0.1) is 40.1 Å². The molecule has 4 heterocycles. The predicted molar refractivity (Wildman–Crippen MR) is 227 cm³/mol. The number of imide groups is 1. The SMILES string of the molecule is CC1(C)C(NC(=O)c2ccc(-n3cc(CC4CCN(C(=O)CNc5ccc6nnn(C7CCC(=O)NC7=O)c(=O)c6c5)CC4)nn3)cc2)C(C)(C)C1Oc1ccc(C#N)c(Cl)c1.